The number of nitrogens with one attached hydrogen (secondary N) is 1. The van der Waals surface area contributed by atoms with E-state index in [4.69, 9.17) is 9.73 Å². The van der Waals surface area contributed by atoms with Crippen molar-refractivity contribution in [1.82, 2.24) is 15.3 Å². The van der Waals surface area contributed by atoms with Gasteiger partial charge in [-0.1, -0.05) is 36.0 Å². The maximum Gasteiger partial charge on any atom is 0.257 e. The van der Waals surface area contributed by atoms with Gasteiger partial charge in [0.25, 0.3) is 5.91 Å². The van der Waals surface area contributed by atoms with Gasteiger partial charge in [-0.25, -0.2) is 23.7 Å². The zero-order valence-electron chi connectivity index (χ0n) is 18.4. The number of thioether (sulfide) groups is 1. The van der Waals surface area contributed by atoms with E-state index in [1.165, 1.54) is 23.9 Å². The Morgan fingerprint density at radius 2 is 2.00 bits per heavy atom. The quantitative estimate of drug-likeness (QED) is 0.594. The highest BCUT2D eigenvalue weighted by molar-refractivity contribution is 8.13. The third-order valence-corrected chi connectivity index (χ3v) is 7.19. The lowest BCUT2D eigenvalue weighted by atomic mass is 9.75. The van der Waals surface area contributed by atoms with Crippen molar-refractivity contribution in [1.29, 1.82) is 0 Å². The molecule has 9 heteroatoms. The summed E-state index contributed by atoms with van der Waals surface area (Å²) in [5.41, 5.74) is 0.459. The van der Waals surface area contributed by atoms with Crippen LogP contribution < -0.4 is 5.32 Å². The van der Waals surface area contributed by atoms with Crippen LogP contribution in [0, 0.1) is 24.5 Å². The minimum Gasteiger partial charge on any atom is -0.367 e. The zero-order valence-corrected chi connectivity index (χ0v) is 19.2. The number of aliphatic imine (C=N–C) groups is 1. The fraction of sp³-hybridized carbons (Fsp3) is 0.280. The lowest BCUT2D eigenvalue weighted by Gasteiger charge is -2.46. The van der Waals surface area contributed by atoms with Gasteiger partial charge in [-0.2, -0.15) is 0 Å². The lowest BCUT2D eigenvalue weighted by molar-refractivity contribution is -0.0627. The molecule has 2 aliphatic heterocycles. The van der Waals surface area contributed by atoms with Crippen molar-refractivity contribution in [3.63, 3.8) is 0 Å². The number of hydrogen-bond donors (Lipinski definition) is 1. The second kappa shape index (κ2) is 9.23. The Bertz CT molecular complexity index is 1260. The summed E-state index contributed by atoms with van der Waals surface area (Å²) in [6.45, 7) is 1.93. The standard InChI is InChI=1S/C25H22F2N4O2S/c1-15-9-10-28-22(29-15)21-11-17-13-34-24(30-23(32)16-5-3-2-4-6-16)31-25(17,14-33-21)19-8-7-18(26)12-20(19)27/h2-10,12,17,21H,11,13-14H2,1H3,(H,30,31,32)/t17-,21+,25-/m0/s1. The maximum absolute atomic E-state index is 15.0. The first-order valence-electron chi connectivity index (χ1n) is 10.9. The average Bonchev–Trinajstić information content (AvgIpc) is 2.84. The number of amides is 1. The third-order valence-electron chi connectivity index (χ3n) is 6.16. The average molecular weight is 481 g/mol. The molecule has 0 bridgehead atoms. The molecule has 3 aromatic rings. The molecule has 1 N–H and O–H groups in total. The minimum atomic E-state index is -1.11. The van der Waals surface area contributed by atoms with Gasteiger partial charge in [-0.15, -0.1) is 0 Å². The number of amidine groups is 1. The molecular weight excluding hydrogens is 458 g/mol. The van der Waals surface area contributed by atoms with Gasteiger partial charge in [0.2, 0.25) is 0 Å². The van der Waals surface area contributed by atoms with Gasteiger partial charge in [-0.05, 0) is 37.6 Å². The van der Waals surface area contributed by atoms with E-state index >= 15 is 4.39 Å². The first-order valence-corrected chi connectivity index (χ1v) is 11.9. The predicted molar refractivity (Wildman–Crippen MR) is 125 cm³/mol. The summed E-state index contributed by atoms with van der Waals surface area (Å²) >= 11 is 1.40. The minimum absolute atomic E-state index is 0.0491. The summed E-state index contributed by atoms with van der Waals surface area (Å²) < 4.78 is 34.9. The van der Waals surface area contributed by atoms with Crippen molar-refractivity contribution in [2.45, 2.75) is 25.0 Å². The molecule has 0 aliphatic carbocycles. The molecule has 2 aliphatic rings. The van der Waals surface area contributed by atoms with Crippen molar-refractivity contribution in [3.05, 3.63) is 95.1 Å². The summed E-state index contributed by atoms with van der Waals surface area (Å²) in [7, 11) is 0. The SMILES string of the molecule is Cc1ccnc([C@H]2C[C@H]3CSC(NC(=O)c4ccccc4)=N[C@@]3(c3ccc(F)cc3F)CO2)n1. The first kappa shape index (κ1) is 22.6. The van der Waals surface area contributed by atoms with E-state index in [-0.39, 0.29) is 30.1 Å². The largest absolute Gasteiger partial charge is 0.367 e. The molecule has 2 aromatic carbocycles. The van der Waals surface area contributed by atoms with Gasteiger partial charge in [0.15, 0.2) is 11.0 Å². The van der Waals surface area contributed by atoms with Crippen LogP contribution in [0.4, 0.5) is 8.78 Å². The number of nitrogens with zero attached hydrogens (tertiary/aromatic N) is 3. The highest BCUT2D eigenvalue weighted by Crippen LogP contribution is 2.49. The van der Waals surface area contributed by atoms with Crippen molar-refractivity contribution in [2.75, 3.05) is 12.4 Å². The van der Waals surface area contributed by atoms with Crippen LogP contribution in [0.25, 0.3) is 0 Å². The van der Waals surface area contributed by atoms with Crippen LogP contribution in [0.2, 0.25) is 0 Å². The molecular formula is C25H22F2N4O2S. The normalized spacial score (nSPS) is 24.1. The summed E-state index contributed by atoms with van der Waals surface area (Å²) in [6, 6.07) is 14.1. The number of carbonyl (C=O) groups is 1. The number of benzene rings is 2. The molecule has 3 heterocycles. The maximum atomic E-state index is 15.0. The van der Waals surface area contributed by atoms with E-state index in [1.54, 1.807) is 30.5 Å². The summed E-state index contributed by atoms with van der Waals surface area (Å²) in [6.07, 6.45) is 1.84. The Hall–Kier alpha value is -3.17. The number of rotatable bonds is 3. The molecule has 5 rings (SSSR count). The Labute approximate surface area is 199 Å². The van der Waals surface area contributed by atoms with Gasteiger partial charge in [0.05, 0.1) is 6.61 Å². The molecule has 1 amide bonds. The van der Waals surface area contributed by atoms with Crippen molar-refractivity contribution >= 4 is 22.8 Å². The van der Waals surface area contributed by atoms with Gasteiger partial charge in [0.1, 0.15) is 23.3 Å². The number of ether oxygens (including phenoxy) is 1. The molecule has 1 aromatic heterocycles. The van der Waals surface area contributed by atoms with Crippen molar-refractivity contribution < 1.29 is 18.3 Å². The molecule has 6 nitrogen and oxygen atoms in total. The highest BCUT2D eigenvalue weighted by Gasteiger charge is 2.50. The molecule has 0 saturated carbocycles. The van der Waals surface area contributed by atoms with Crippen molar-refractivity contribution in [2.24, 2.45) is 10.9 Å². The van der Waals surface area contributed by atoms with Gasteiger partial charge >= 0.3 is 0 Å². The predicted octanol–water partition coefficient (Wildman–Crippen LogP) is 4.57. The van der Waals surface area contributed by atoms with E-state index in [2.05, 4.69) is 15.3 Å². The fourth-order valence-corrected chi connectivity index (χ4v) is 5.58. The zero-order chi connectivity index (χ0) is 23.7. The van der Waals surface area contributed by atoms with Crippen molar-refractivity contribution in [3.8, 4) is 0 Å². The van der Waals surface area contributed by atoms with Gasteiger partial charge in [-0.3, -0.25) is 4.79 Å². The molecule has 3 atom stereocenters. The molecule has 0 unspecified atom stereocenters. The van der Waals surface area contributed by atoms with Crippen LogP contribution in [-0.2, 0) is 10.3 Å². The van der Waals surface area contributed by atoms with Gasteiger partial charge in [0, 0.05) is 40.8 Å². The summed E-state index contributed by atoms with van der Waals surface area (Å²) in [4.78, 5) is 26.4. The summed E-state index contributed by atoms with van der Waals surface area (Å²) in [5.74, 6) is -0.658. The van der Waals surface area contributed by atoms with E-state index in [9.17, 15) is 9.18 Å². The van der Waals surface area contributed by atoms with Crippen LogP contribution in [0.5, 0.6) is 0 Å². The van der Waals surface area contributed by atoms with Crippen LogP contribution >= 0.6 is 11.8 Å². The second-order valence-electron chi connectivity index (χ2n) is 8.39. The van der Waals surface area contributed by atoms with E-state index in [1.807, 2.05) is 19.1 Å². The Balaban J connectivity index is 1.50. The number of aromatic nitrogens is 2. The van der Waals surface area contributed by atoms with Crippen LogP contribution in [0.1, 0.15) is 40.0 Å². The number of fused-ring (bicyclic) bond motifs is 1. The van der Waals surface area contributed by atoms with Crippen LogP contribution in [0.3, 0.4) is 0 Å². The second-order valence-corrected chi connectivity index (χ2v) is 9.39. The number of carbonyl (C=O) groups excluding carboxylic acids is 1. The smallest absolute Gasteiger partial charge is 0.257 e. The first-order chi connectivity index (χ1) is 16.4. The molecule has 0 spiro atoms. The Kier molecular flexibility index (Phi) is 6.14. The fourth-order valence-electron chi connectivity index (χ4n) is 4.41. The highest BCUT2D eigenvalue weighted by atomic mass is 32.2. The molecule has 34 heavy (non-hydrogen) atoms. The van der Waals surface area contributed by atoms with E-state index in [0.717, 1.165) is 11.8 Å². The Morgan fingerprint density at radius 3 is 2.76 bits per heavy atom. The lowest BCUT2D eigenvalue weighted by Crippen LogP contribution is -2.50. The Morgan fingerprint density at radius 1 is 1.18 bits per heavy atom. The number of hydrogen-bond acceptors (Lipinski definition) is 6. The topological polar surface area (TPSA) is 76.5 Å². The van der Waals surface area contributed by atoms with Crippen LogP contribution in [0.15, 0.2) is 65.8 Å². The third kappa shape index (κ3) is 4.33. The molecule has 174 valence electrons. The number of aryl methyl sites for hydroxylation is 1. The van der Waals surface area contributed by atoms with Gasteiger partial charge < -0.3 is 10.1 Å². The number of halogens is 2. The van der Waals surface area contributed by atoms with E-state index < -0.39 is 17.2 Å². The molecule has 1 fully saturated rings. The van der Waals surface area contributed by atoms with E-state index in [0.29, 0.717) is 28.7 Å². The molecule has 0 radical (unpaired) electrons. The molecule has 1 saturated heterocycles. The summed E-state index contributed by atoms with van der Waals surface area (Å²) in [5, 5.41) is 3.22. The monoisotopic (exact) mass is 480 g/mol. The van der Waals surface area contributed by atoms with Crippen LogP contribution in [-0.4, -0.2) is 33.4 Å².